The number of amides is 1. The van der Waals surface area contributed by atoms with E-state index in [-0.39, 0.29) is 35.5 Å². The SMILES string of the molecule is CCSCC(NC(C)=O)C(=O)O.[Na+]. The molecule has 0 bridgehead atoms. The van der Waals surface area contributed by atoms with E-state index < -0.39 is 12.0 Å². The molecule has 6 heteroatoms. The third kappa shape index (κ3) is 8.62. The number of carboxylic acids is 1. The molecule has 1 unspecified atom stereocenters. The maximum absolute atomic E-state index is 10.5. The Hall–Kier alpha value is 0.290. The van der Waals surface area contributed by atoms with Crippen LogP contribution in [0.15, 0.2) is 0 Å². The Morgan fingerprint density at radius 2 is 2.08 bits per heavy atom. The molecule has 0 rings (SSSR count). The molecular weight excluding hydrogens is 201 g/mol. The Morgan fingerprint density at radius 3 is 2.38 bits per heavy atom. The minimum Gasteiger partial charge on any atom is -0.480 e. The first-order valence-electron chi connectivity index (χ1n) is 3.65. The van der Waals surface area contributed by atoms with Crippen molar-refractivity contribution in [3.63, 3.8) is 0 Å². The van der Waals surface area contributed by atoms with Crippen molar-refractivity contribution >= 4 is 23.6 Å². The number of carbonyl (C=O) groups excluding carboxylic acids is 1. The average Bonchev–Trinajstić information content (AvgIpc) is 1.96. The van der Waals surface area contributed by atoms with E-state index in [0.29, 0.717) is 5.75 Å². The topological polar surface area (TPSA) is 66.4 Å². The second-order valence-corrected chi connectivity index (χ2v) is 3.57. The van der Waals surface area contributed by atoms with Crippen LogP contribution in [0.2, 0.25) is 0 Å². The summed E-state index contributed by atoms with van der Waals surface area (Å²) in [4.78, 5) is 21.1. The van der Waals surface area contributed by atoms with E-state index in [1.807, 2.05) is 6.92 Å². The van der Waals surface area contributed by atoms with Crippen molar-refractivity contribution < 1.29 is 44.3 Å². The molecule has 0 aliphatic rings. The molecule has 0 aromatic rings. The summed E-state index contributed by atoms with van der Waals surface area (Å²) in [5, 5.41) is 11.0. The van der Waals surface area contributed by atoms with Gasteiger partial charge in [0.25, 0.3) is 0 Å². The van der Waals surface area contributed by atoms with Crippen molar-refractivity contribution in [3.8, 4) is 0 Å². The molecule has 0 aromatic heterocycles. The van der Waals surface area contributed by atoms with Gasteiger partial charge in [-0.15, -0.1) is 0 Å². The van der Waals surface area contributed by atoms with Crippen LogP contribution < -0.4 is 34.9 Å². The molecule has 4 nitrogen and oxygen atoms in total. The summed E-state index contributed by atoms with van der Waals surface area (Å²) in [5.41, 5.74) is 0. The predicted molar refractivity (Wildman–Crippen MR) is 48.2 cm³/mol. The van der Waals surface area contributed by atoms with E-state index in [9.17, 15) is 9.59 Å². The van der Waals surface area contributed by atoms with Gasteiger partial charge in [-0.2, -0.15) is 11.8 Å². The second-order valence-electron chi connectivity index (χ2n) is 2.25. The van der Waals surface area contributed by atoms with E-state index in [2.05, 4.69) is 5.32 Å². The van der Waals surface area contributed by atoms with Gasteiger partial charge in [0.15, 0.2) is 0 Å². The van der Waals surface area contributed by atoms with Gasteiger partial charge in [-0.25, -0.2) is 4.79 Å². The maximum atomic E-state index is 10.5. The third-order valence-corrected chi connectivity index (χ3v) is 2.14. The number of hydrogen-bond acceptors (Lipinski definition) is 3. The van der Waals surface area contributed by atoms with Crippen molar-refractivity contribution in [1.29, 1.82) is 0 Å². The molecular formula is C7H13NNaO3S+. The van der Waals surface area contributed by atoms with Crippen molar-refractivity contribution in [2.75, 3.05) is 11.5 Å². The summed E-state index contributed by atoms with van der Waals surface area (Å²) in [6.07, 6.45) is 0. The summed E-state index contributed by atoms with van der Waals surface area (Å²) >= 11 is 1.49. The van der Waals surface area contributed by atoms with Gasteiger partial charge in [0.05, 0.1) is 0 Å². The molecule has 0 saturated heterocycles. The Bertz CT molecular complexity index is 177. The standard InChI is InChI=1S/C7H13NO3S.Na/c1-3-12-4-6(7(10)11)8-5(2)9;/h6H,3-4H2,1-2H3,(H,8,9)(H,10,11);/q;+1. The zero-order valence-electron chi connectivity index (χ0n) is 8.16. The second kappa shape index (κ2) is 8.87. The van der Waals surface area contributed by atoms with Crippen LogP contribution in [0.4, 0.5) is 0 Å². The minimum absolute atomic E-state index is 0. The Morgan fingerprint density at radius 1 is 1.54 bits per heavy atom. The van der Waals surface area contributed by atoms with E-state index in [1.54, 1.807) is 0 Å². The quantitative estimate of drug-likeness (QED) is 0.490. The van der Waals surface area contributed by atoms with E-state index in [0.717, 1.165) is 5.75 Å². The molecule has 13 heavy (non-hydrogen) atoms. The molecule has 0 aliphatic heterocycles. The van der Waals surface area contributed by atoms with Crippen molar-refractivity contribution in [1.82, 2.24) is 5.32 Å². The van der Waals surface area contributed by atoms with Gasteiger partial charge in [-0.1, -0.05) is 6.92 Å². The number of thioether (sulfide) groups is 1. The molecule has 70 valence electrons. The molecule has 2 N–H and O–H groups in total. The molecule has 0 aromatic carbocycles. The molecule has 0 heterocycles. The first-order valence-corrected chi connectivity index (χ1v) is 4.81. The number of carboxylic acid groups (broad SMARTS) is 1. The fraction of sp³-hybridized carbons (Fsp3) is 0.714. The molecule has 0 radical (unpaired) electrons. The fourth-order valence-electron chi connectivity index (χ4n) is 0.656. The van der Waals surface area contributed by atoms with Gasteiger partial charge in [0, 0.05) is 12.7 Å². The molecule has 0 aliphatic carbocycles. The van der Waals surface area contributed by atoms with Gasteiger partial charge < -0.3 is 10.4 Å². The molecule has 1 atom stereocenters. The van der Waals surface area contributed by atoms with Gasteiger partial charge in [-0.05, 0) is 5.75 Å². The van der Waals surface area contributed by atoms with Gasteiger partial charge in [-0.3, -0.25) is 4.79 Å². The van der Waals surface area contributed by atoms with Crippen LogP contribution in [0.25, 0.3) is 0 Å². The number of hydrogen-bond donors (Lipinski definition) is 2. The summed E-state index contributed by atoms with van der Waals surface area (Å²) in [6, 6.07) is -0.757. The number of rotatable bonds is 5. The summed E-state index contributed by atoms with van der Waals surface area (Å²) < 4.78 is 0. The first kappa shape index (κ1) is 15.7. The average molecular weight is 214 g/mol. The van der Waals surface area contributed by atoms with Gasteiger partial charge in [0.2, 0.25) is 5.91 Å². The molecule has 0 saturated carbocycles. The van der Waals surface area contributed by atoms with Crippen LogP contribution in [-0.2, 0) is 9.59 Å². The zero-order valence-corrected chi connectivity index (χ0v) is 11.0. The Balaban J connectivity index is 0. The monoisotopic (exact) mass is 214 g/mol. The van der Waals surface area contributed by atoms with Crippen LogP contribution in [0, 0.1) is 0 Å². The maximum Gasteiger partial charge on any atom is 1.00 e. The largest absolute Gasteiger partial charge is 1.00 e. The summed E-state index contributed by atoms with van der Waals surface area (Å²) in [7, 11) is 0. The zero-order chi connectivity index (χ0) is 9.56. The molecule has 1 amide bonds. The number of aliphatic carboxylic acids is 1. The van der Waals surface area contributed by atoms with Crippen molar-refractivity contribution in [3.05, 3.63) is 0 Å². The van der Waals surface area contributed by atoms with Crippen molar-refractivity contribution in [2.24, 2.45) is 0 Å². The summed E-state index contributed by atoms with van der Waals surface area (Å²) in [5.74, 6) is -0.0142. The fourth-order valence-corrected chi connectivity index (χ4v) is 1.35. The van der Waals surface area contributed by atoms with Crippen LogP contribution >= 0.6 is 11.8 Å². The van der Waals surface area contributed by atoms with E-state index in [1.165, 1.54) is 18.7 Å². The summed E-state index contributed by atoms with van der Waals surface area (Å²) in [6.45, 7) is 3.25. The van der Waals surface area contributed by atoms with Crippen LogP contribution in [0.3, 0.4) is 0 Å². The predicted octanol–water partition coefficient (Wildman–Crippen LogP) is -2.67. The van der Waals surface area contributed by atoms with Crippen LogP contribution in [-0.4, -0.2) is 34.5 Å². The third-order valence-electron chi connectivity index (χ3n) is 1.16. The van der Waals surface area contributed by atoms with Crippen LogP contribution in [0.1, 0.15) is 13.8 Å². The normalized spacial score (nSPS) is 11.2. The minimum atomic E-state index is -0.980. The smallest absolute Gasteiger partial charge is 0.480 e. The van der Waals surface area contributed by atoms with E-state index >= 15 is 0 Å². The van der Waals surface area contributed by atoms with Gasteiger partial charge >= 0.3 is 35.5 Å². The first-order chi connectivity index (χ1) is 5.57. The Kier molecular flexibility index (Phi) is 10.7. The Labute approximate surface area is 104 Å². The van der Waals surface area contributed by atoms with Crippen LogP contribution in [0.5, 0.6) is 0 Å². The van der Waals surface area contributed by atoms with E-state index in [4.69, 9.17) is 5.11 Å². The molecule has 0 fully saturated rings. The van der Waals surface area contributed by atoms with Crippen molar-refractivity contribution in [2.45, 2.75) is 19.9 Å². The number of carbonyl (C=O) groups is 2. The molecule has 0 spiro atoms. The number of nitrogens with one attached hydrogen (secondary N) is 1. The van der Waals surface area contributed by atoms with Gasteiger partial charge in [0.1, 0.15) is 6.04 Å².